The first-order valence-corrected chi connectivity index (χ1v) is 11.8. The highest BCUT2D eigenvalue weighted by atomic mass is 32.2. The number of nitrogens with zero attached hydrogens (tertiary/aromatic N) is 3. The molecule has 2 aromatic carbocycles. The van der Waals surface area contributed by atoms with Crippen molar-refractivity contribution in [1.82, 2.24) is 19.5 Å². The van der Waals surface area contributed by atoms with Crippen molar-refractivity contribution >= 4 is 39.5 Å². The van der Waals surface area contributed by atoms with Crippen LogP contribution in [0.5, 0.6) is 0 Å². The Hall–Kier alpha value is -3.50. The van der Waals surface area contributed by atoms with Gasteiger partial charge in [0.05, 0.1) is 40.2 Å². The molecule has 2 aromatic heterocycles. The Bertz CT molecular complexity index is 1460. The van der Waals surface area contributed by atoms with E-state index in [-0.39, 0.29) is 16.9 Å². The Labute approximate surface area is 199 Å². The zero-order valence-electron chi connectivity index (χ0n) is 18.9. The van der Waals surface area contributed by atoms with Gasteiger partial charge in [-0.15, -0.1) is 0 Å². The number of aromatic amines is 1. The van der Waals surface area contributed by atoms with Crippen LogP contribution in [0.25, 0.3) is 21.8 Å². The standard InChI is InChI=1S/C24H24N4O5S/c1-3-33-12-6-11-28-22(30)17-7-4-5-8-18(17)26-24(28)34-14-20-25-19-13-15(23(31)32-2)9-10-16(19)21(29)27-20/h4-5,7-10,13H,3,6,11-12,14H2,1-2H3,(H,25,27,29). The van der Waals surface area contributed by atoms with E-state index < -0.39 is 5.97 Å². The number of ether oxygens (including phenoxy) is 2. The lowest BCUT2D eigenvalue weighted by Gasteiger charge is -2.13. The first kappa shape index (κ1) is 23.7. The molecule has 0 aliphatic carbocycles. The van der Waals surface area contributed by atoms with Crippen LogP contribution < -0.4 is 11.1 Å². The van der Waals surface area contributed by atoms with Crippen molar-refractivity contribution in [3.05, 3.63) is 74.6 Å². The van der Waals surface area contributed by atoms with Crippen molar-refractivity contribution in [3.63, 3.8) is 0 Å². The third-order valence-corrected chi connectivity index (χ3v) is 6.20. The molecule has 0 radical (unpaired) electrons. The van der Waals surface area contributed by atoms with Crippen molar-refractivity contribution in [1.29, 1.82) is 0 Å². The van der Waals surface area contributed by atoms with Crippen molar-refractivity contribution in [2.45, 2.75) is 30.8 Å². The second-order valence-corrected chi connectivity index (χ2v) is 8.39. The molecule has 0 fully saturated rings. The first-order valence-electron chi connectivity index (χ1n) is 10.8. The first-order chi connectivity index (χ1) is 16.5. The molecule has 1 N–H and O–H groups in total. The molecular weight excluding hydrogens is 456 g/mol. The molecule has 176 valence electrons. The molecule has 34 heavy (non-hydrogen) atoms. The SMILES string of the molecule is CCOCCCn1c(SCc2nc3cc(C(=O)OC)ccc3c(=O)[nH]2)nc2ccccc2c1=O. The van der Waals surface area contributed by atoms with Crippen molar-refractivity contribution in [2.24, 2.45) is 0 Å². The fraction of sp³-hybridized carbons (Fsp3) is 0.292. The molecule has 0 amide bonds. The quantitative estimate of drug-likeness (QED) is 0.168. The maximum atomic E-state index is 13.1. The number of carbonyl (C=O) groups excluding carboxylic acids is 1. The third-order valence-electron chi connectivity index (χ3n) is 5.22. The lowest BCUT2D eigenvalue weighted by molar-refractivity contribution is 0.0601. The minimum atomic E-state index is -0.503. The van der Waals surface area contributed by atoms with Gasteiger partial charge < -0.3 is 14.5 Å². The molecule has 4 rings (SSSR count). The predicted octanol–water partition coefficient (Wildman–Crippen LogP) is 3.14. The topological polar surface area (TPSA) is 116 Å². The Morgan fingerprint density at radius 3 is 2.71 bits per heavy atom. The van der Waals surface area contributed by atoms with Gasteiger partial charge in [-0.1, -0.05) is 23.9 Å². The lowest BCUT2D eigenvalue weighted by Crippen LogP contribution is -2.24. The maximum absolute atomic E-state index is 13.1. The Morgan fingerprint density at radius 2 is 1.91 bits per heavy atom. The van der Waals surface area contributed by atoms with Gasteiger partial charge in [-0.2, -0.15) is 0 Å². The number of para-hydroxylation sites is 1. The summed E-state index contributed by atoms with van der Waals surface area (Å²) in [6.07, 6.45) is 0.669. The van der Waals surface area contributed by atoms with Gasteiger partial charge in [0.15, 0.2) is 5.16 Å². The van der Waals surface area contributed by atoms with E-state index in [0.717, 1.165) is 0 Å². The summed E-state index contributed by atoms with van der Waals surface area (Å²) < 4.78 is 11.8. The van der Waals surface area contributed by atoms with Gasteiger partial charge in [-0.05, 0) is 43.7 Å². The molecule has 0 spiro atoms. The zero-order chi connectivity index (χ0) is 24.1. The molecule has 4 aromatic rings. The van der Waals surface area contributed by atoms with Crippen LogP contribution in [-0.2, 0) is 21.8 Å². The van der Waals surface area contributed by atoms with Crippen LogP contribution in [0.2, 0.25) is 0 Å². The van der Waals surface area contributed by atoms with E-state index in [9.17, 15) is 14.4 Å². The summed E-state index contributed by atoms with van der Waals surface area (Å²) in [5, 5.41) is 1.46. The number of hydrogen-bond donors (Lipinski definition) is 1. The van der Waals surface area contributed by atoms with Crippen LogP contribution in [-0.4, -0.2) is 45.8 Å². The number of benzene rings is 2. The second kappa shape index (κ2) is 10.6. The van der Waals surface area contributed by atoms with Gasteiger partial charge >= 0.3 is 5.97 Å². The number of aromatic nitrogens is 4. The monoisotopic (exact) mass is 480 g/mol. The van der Waals surface area contributed by atoms with E-state index in [1.54, 1.807) is 22.8 Å². The summed E-state index contributed by atoms with van der Waals surface area (Å²) in [6, 6.07) is 11.8. The highest BCUT2D eigenvalue weighted by Gasteiger charge is 2.14. The maximum Gasteiger partial charge on any atom is 0.337 e. The average Bonchev–Trinajstić information content (AvgIpc) is 2.85. The zero-order valence-corrected chi connectivity index (χ0v) is 19.7. The summed E-state index contributed by atoms with van der Waals surface area (Å²) in [4.78, 5) is 49.5. The average molecular weight is 481 g/mol. The number of esters is 1. The minimum Gasteiger partial charge on any atom is -0.465 e. The van der Waals surface area contributed by atoms with Gasteiger partial charge in [0.2, 0.25) is 0 Å². The largest absolute Gasteiger partial charge is 0.465 e. The summed E-state index contributed by atoms with van der Waals surface area (Å²) in [7, 11) is 1.30. The molecule has 9 nitrogen and oxygen atoms in total. The van der Waals surface area contributed by atoms with Gasteiger partial charge in [0, 0.05) is 19.8 Å². The predicted molar refractivity (Wildman–Crippen MR) is 130 cm³/mol. The van der Waals surface area contributed by atoms with Crippen LogP contribution >= 0.6 is 11.8 Å². The van der Waals surface area contributed by atoms with Crippen LogP contribution in [0.1, 0.15) is 29.5 Å². The number of rotatable bonds is 9. The Balaban J connectivity index is 1.66. The number of thioether (sulfide) groups is 1. The minimum absolute atomic E-state index is 0.118. The van der Waals surface area contributed by atoms with Gasteiger partial charge in [-0.25, -0.2) is 14.8 Å². The molecule has 0 saturated carbocycles. The molecule has 10 heteroatoms. The molecule has 0 atom stereocenters. The molecule has 0 aliphatic rings. The van der Waals surface area contributed by atoms with Crippen LogP contribution in [0.15, 0.2) is 57.2 Å². The summed E-state index contributed by atoms with van der Waals surface area (Å²) in [5.74, 6) is 0.188. The van der Waals surface area contributed by atoms with E-state index in [2.05, 4.69) is 15.0 Å². The highest BCUT2D eigenvalue weighted by Crippen LogP contribution is 2.22. The van der Waals surface area contributed by atoms with Gasteiger partial charge in [0.25, 0.3) is 11.1 Å². The molecule has 0 unspecified atom stereocenters. The molecule has 0 bridgehead atoms. The van der Waals surface area contributed by atoms with Gasteiger partial charge in [-0.3, -0.25) is 14.2 Å². The lowest BCUT2D eigenvalue weighted by atomic mass is 10.1. The van der Waals surface area contributed by atoms with E-state index in [1.165, 1.54) is 31.0 Å². The van der Waals surface area contributed by atoms with Crippen molar-refractivity contribution < 1.29 is 14.3 Å². The Kier molecular flexibility index (Phi) is 7.39. The van der Waals surface area contributed by atoms with Crippen molar-refractivity contribution in [2.75, 3.05) is 20.3 Å². The molecule has 2 heterocycles. The second-order valence-electron chi connectivity index (χ2n) is 7.44. The van der Waals surface area contributed by atoms with E-state index >= 15 is 0 Å². The summed E-state index contributed by atoms with van der Waals surface area (Å²) >= 11 is 1.31. The van der Waals surface area contributed by atoms with Crippen molar-refractivity contribution in [3.8, 4) is 0 Å². The van der Waals surface area contributed by atoms with Crippen LogP contribution in [0.4, 0.5) is 0 Å². The molecule has 0 saturated heterocycles. The fourth-order valence-corrected chi connectivity index (χ4v) is 4.45. The van der Waals surface area contributed by atoms with Crippen LogP contribution in [0.3, 0.4) is 0 Å². The smallest absolute Gasteiger partial charge is 0.337 e. The normalized spacial score (nSPS) is 11.2. The van der Waals surface area contributed by atoms with Gasteiger partial charge in [0.1, 0.15) is 5.82 Å². The molecule has 0 aliphatic heterocycles. The fourth-order valence-electron chi connectivity index (χ4n) is 3.56. The number of hydrogen-bond acceptors (Lipinski definition) is 8. The van der Waals surface area contributed by atoms with E-state index in [1.807, 2.05) is 19.1 Å². The number of nitrogens with one attached hydrogen (secondary N) is 1. The van der Waals surface area contributed by atoms with E-state index in [4.69, 9.17) is 9.47 Å². The van der Waals surface area contributed by atoms with E-state index in [0.29, 0.717) is 64.5 Å². The number of carbonyl (C=O) groups is 1. The number of methoxy groups -OCH3 is 1. The number of H-pyrrole nitrogens is 1. The summed E-state index contributed by atoms with van der Waals surface area (Å²) in [5.41, 5.74) is 0.887. The summed E-state index contributed by atoms with van der Waals surface area (Å²) in [6.45, 7) is 3.55. The van der Waals surface area contributed by atoms with Crippen LogP contribution in [0, 0.1) is 0 Å². The third kappa shape index (κ3) is 5.02. The highest BCUT2D eigenvalue weighted by molar-refractivity contribution is 7.98. The Morgan fingerprint density at radius 1 is 1.09 bits per heavy atom. The number of fused-ring (bicyclic) bond motifs is 2. The molecular formula is C24H24N4O5S.